The minimum absolute atomic E-state index is 0.237. The van der Waals surface area contributed by atoms with E-state index >= 15 is 0 Å². The van der Waals surface area contributed by atoms with Crippen LogP contribution < -0.4 is 11.1 Å². The molecule has 3 N–H and O–H groups in total. The molecule has 0 heterocycles. The van der Waals surface area contributed by atoms with Crippen LogP contribution in [0.2, 0.25) is 0 Å². The maximum absolute atomic E-state index is 8.80. The Bertz CT molecular complexity index is 556. The van der Waals surface area contributed by atoms with Gasteiger partial charge in [0.1, 0.15) is 5.82 Å². The topological polar surface area (TPSA) is 85.6 Å². The molecule has 0 aliphatic carbocycles. The quantitative estimate of drug-likeness (QED) is 0.789. The van der Waals surface area contributed by atoms with Crippen LogP contribution in [0.25, 0.3) is 0 Å². The number of rotatable bonds is 4. The van der Waals surface area contributed by atoms with Gasteiger partial charge < -0.3 is 11.1 Å². The van der Waals surface area contributed by atoms with Crippen LogP contribution in [0.5, 0.6) is 0 Å². The summed E-state index contributed by atoms with van der Waals surface area (Å²) in [7, 11) is 0. The van der Waals surface area contributed by atoms with Gasteiger partial charge in [-0.05, 0) is 25.1 Å². The first-order valence-corrected chi connectivity index (χ1v) is 5.46. The van der Waals surface area contributed by atoms with Crippen molar-refractivity contribution in [2.24, 2.45) is 5.73 Å². The Labute approximate surface area is 107 Å². The van der Waals surface area contributed by atoms with Crippen LogP contribution in [0.15, 0.2) is 47.8 Å². The van der Waals surface area contributed by atoms with Crippen LogP contribution >= 0.6 is 0 Å². The van der Waals surface area contributed by atoms with Gasteiger partial charge in [-0.3, -0.25) is 0 Å². The molecular weight excluding hydrogens is 224 g/mol. The molecule has 1 aromatic carbocycles. The summed E-state index contributed by atoms with van der Waals surface area (Å²) in [5, 5.41) is 20.5. The first-order valence-electron chi connectivity index (χ1n) is 5.46. The van der Waals surface area contributed by atoms with Gasteiger partial charge in [-0.2, -0.15) is 10.5 Å². The van der Waals surface area contributed by atoms with Gasteiger partial charge in [0.15, 0.2) is 0 Å². The van der Waals surface area contributed by atoms with Crippen LogP contribution in [-0.4, -0.2) is 0 Å². The molecule has 0 fully saturated rings. The highest BCUT2D eigenvalue weighted by atomic mass is 15.0. The maximum Gasteiger partial charge on any atom is 0.105 e. The van der Waals surface area contributed by atoms with Crippen LogP contribution in [0.3, 0.4) is 0 Å². The second-order valence-corrected chi connectivity index (χ2v) is 3.59. The minimum Gasteiger partial charge on any atom is -0.385 e. The molecule has 0 aliphatic rings. The van der Waals surface area contributed by atoms with Crippen molar-refractivity contribution in [1.29, 1.82) is 10.5 Å². The van der Waals surface area contributed by atoms with Crippen LogP contribution in [-0.2, 0) is 0 Å². The standard InChI is InChI=1S/C14H14N4/c1-2-4-12(7-8-15)14(17)18-13-6-3-5-11(9-13)10-16/h2-6,9,18H,7,17H2,1H3/b4-2-,14-12-. The van der Waals surface area contributed by atoms with Gasteiger partial charge in [-0.25, -0.2) is 0 Å². The van der Waals surface area contributed by atoms with Crippen molar-refractivity contribution in [3.05, 3.63) is 53.4 Å². The van der Waals surface area contributed by atoms with Gasteiger partial charge in [0.2, 0.25) is 0 Å². The third-order valence-corrected chi connectivity index (χ3v) is 2.25. The first kappa shape index (κ1) is 13.3. The lowest BCUT2D eigenvalue weighted by molar-refractivity contribution is 1.16. The van der Waals surface area contributed by atoms with Crippen molar-refractivity contribution in [3.8, 4) is 12.1 Å². The Morgan fingerprint density at radius 1 is 1.44 bits per heavy atom. The summed E-state index contributed by atoms with van der Waals surface area (Å²) in [6.45, 7) is 1.86. The normalized spacial score (nSPS) is 11.5. The van der Waals surface area contributed by atoms with Crippen LogP contribution in [0.4, 0.5) is 5.69 Å². The lowest BCUT2D eigenvalue weighted by Gasteiger charge is -2.09. The highest BCUT2D eigenvalue weighted by Gasteiger charge is 2.01. The zero-order valence-corrected chi connectivity index (χ0v) is 10.1. The number of nitriles is 2. The van der Waals surface area contributed by atoms with Gasteiger partial charge >= 0.3 is 0 Å². The smallest absolute Gasteiger partial charge is 0.105 e. The molecule has 0 atom stereocenters. The van der Waals surface area contributed by atoms with E-state index < -0.39 is 0 Å². The van der Waals surface area contributed by atoms with Gasteiger partial charge in [0.25, 0.3) is 0 Å². The predicted molar refractivity (Wildman–Crippen MR) is 71.0 cm³/mol. The number of allylic oxidation sites excluding steroid dienone is 3. The molecule has 0 spiro atoms. The number of hydrogen-bond donors (Lipinski definition) is 2. The Balaban J connectivity index is 2.97. The summed E-state index contributed by atoms with van der Waals surface area (Å²) < 4.78 is 0. The first-order chi connectivity index (χ1) is 8.71. The Morgan fingerprint density at radius 3 is 2.83 bits per heavy atom. The van der Waals surface area contributed by atoms with Crippen LogP contribution in [0, 0.1) is 22.7 Å². The molecule has 1 rings (SSSR count). The largest absolute Gasteiger partial charge is 0.385 e. The molecule has 18 heavy (non-hydrogen) atoms. The molecule has 1 aromatic rings. The Kier molecular flexibility index (Phi) is 5.02. The van der Waals surface area contributed by atoms with E-state index in [9.17, 15) is 0 Å². The molecule has 0 aromatic heterocycles. The Hall–Kier alpha value is -2.72. The lowest BCUT2D eigenvalue weighted by Crippen LogP contribution is -2.12. The molecule has 0 radical (unpaired) electrons. The number of nitrogens with zero attached hydrogens (tertiary/aromatic N) is 2. The van der Waals surface area contributed by atoms with Gasteiger partial charge in [0.05, 0.1) is 24.1 Å². The van der Waals surface area contributed by atoms with Gasteiger partial charge in [-0.15, -0.1) is 0 Å². The lowest BCUT2D eigenvalue weighted by atomic mass is 10.1. The number of benzene rings is 1. The maximum atomic E-state index is 8.80. The highest BCUT2D eigenvalue weighted by Crippen LogP contribution is 2.14. The van der Waals surface area contributed by atoms with E-state index in [-0.39, 0.29) is 6.42 Å². The van der Waals surface area contributed by atoms with Crippen molar-refractivity contribution in [3.63, 3.8) is 0 Å². The van der Waals surface area contributed by atoms with Crippen molar-refractivity contribution in [2.45, 2.75) is 13.3 Å². The van der Waals surface area contributed by atoms with Gasteiger partial charge in [-0.1, -0.05) is 18.2 Å². The summed E-state index contributed by atoms with van der Waals surface area (Å²) in [6.07, 6.45) is 3.85. The second kappa shape index (κ2) is 6.78. The van der Waals surface area contributed by atoms with Crippen molar-refractivity contribution in [1.82, 2.24) is 0 Å². The minimum atomic E-state index is 0.237. The van der Waals surface area contributed by atoms with E-state index in [2.05, 4.69) is 17.5 Å². The van der Waals surface area contributed by atoms with Crippen molar-refractivity contribution in [2.75, 3.05) is 5.32 Å². The summed E-state index contributed by atoms with van der Waals surface area (Å²) in [4.78, 5) is 0. The molecule has 0 amide bonds. The third-order valence-electron chi connectivity index (χ3n) is 2.25. The fraction of sp³-hybridized carbons (Fsp3) is 0.143. The van der Waals surface area contributed by atoms with E-state index in [0.29, 0.717) is 11.4 Å². The number of anilines is 1. The number of nitrogens with one attached hydrogen (secondary N) is 1. The van der Waals surface area contributed by atoms with Crippen molar-refractivity contribution >= 4 is 5.69 Å². The Morgan fingerprint density at radius 2 is 2.22 bits per heavy atom. The zero-order valence-electron chi connectivity index (χ0n) is 10.1. The molecule has 90 valence electrons. The molecule has 0 bridgehead atoms. The molecule has 4 heteroatoms. The van der Waals surface area contributed by atoms with E-state index in [1.54, 1.807) is 24.3 Å². The molecule has 0 saturated carbocycles. The fourth-order valence-electron chi connectivity index (χ4n) is 1.43. The number of hydrogen-bond acceptors (Lipinski definition) is 4. The summed E-state index contributed by atoms with van der Waals surface area (Å²) in [5.41, 5.74) is 7.91. The van der Waals surface area contributed by atoms with Crippen LogP contribution in [0.1, 0.15) is 18.9 Å². The average Bonchev–Trinajstić information content (AvgIpc) is 2.38. The molecule has 0 saturated heterocycles. The predicted octanol–water partition coefficient (Wildman–Crippen LogP) is 2.63. The zero-order chi connectivity index (χ0) is 13.4. The summed E-state index contributed by atoms with van der Waals surface area (Å²) >= 11 is 0. The summed E-state index contributed by atoms with van der Waals surface area (Å²) in [6, 6.07) is 11.1. The summed E-state index contributed by atoms with van der Waals surface area (Å²) in [5.74, 6) is 0.421. The molecule has 4 nitrogen and oxygen atoms in total. The fourth-order valence-corrected chi connectivity index (χ4v) is 1.43. The van der Waals surface area contributed by atoms with E-state index in [4.69, 9.17) is 16.3 Å². The molecular formula is C14H14N4. The molecule has 0 unspecified atom stereocenters. The second-order valence-electron chi connectivity index (χ2n) is 3.59. The average molecular weight is 238 g/mol. The monoisotopic (exact) mass is 238 g/mol. The highest BCUT2D eigenvalue weighted by molar-refractivity contribution is 5.53. The van der Waals surface area contributed by atoms with Crippen molar-refractivity contribution < 1.29 is 0 Å². The van der Waals surface area contributed by atoms with E-state index in [1.165, 1.54) is 0 Å². The van der Waals surface area contributed by atoms with Gasteiger partial charge in [0, 0.05) is 11.3 Å². The SMILES string of the molecule is C/C=C\C(CC#N)=C(/N)Nc1cccc(C#N)c1. The molecule has 0 aliphatic heterocycles. The number of nitrogens with two attached hydrogens (primary N) is 1. The van der Waals surface area contributed by atoms with E-state index in [1.807, 2.05) is 19.1 Å². The third kappa shape index (κ3) is 3.70. The van der Waals surface area contributed by atoms with E-state index in [0.717, 1.165) is 11.3 Å².